The van der Waals surface area contributed by atoms with Crippen LogP contribution in [-0.4, -0.2) is 28.5 Å². The second-order valence-corrected chi connectivity index (χ2v) is 7.66. The molecule has 142 valence electrons. The number of hydrogen-bond acceptors (Lipinski definition) is 3. The normalized spacial score (nSPS) is 16.9. The average Bonchev–Trinajstić information content (AvgIpc) is 2.81. The van der Waals surface area contributed by atoms with E-state index in [1.54, 1.807) is 4.90 Å². The van der Waals surface area contributed by atoms with E-state index in [1.165, 1.54) is 6.07 Å². The predicted octanol–water partition coefficient (Wildman–Crippen LogP) is 4.03. The zero-order valence-corrected chi connectivity index (χ0v) is 15.5. The first kappa shape index (κ1) is 18.9. The lowest BCUT2D eigenvalue weighted by molar-refractivity contribution is -0.143. The third-order valence-electron chi connectivity index (χ3n) is 4.59. The molecule has 2 aromatic carbocycles. The second-order valence-electron chi connectivity index (χ2n) is 7.66. The van der Waals surface area contributed by atoms with Crippen LogP contribution in [0.2, 0.25) is 0 Å². The van der Waals surface area contributed by atoms with Gasteiger partial charge in [0.05, 0.1) is 18.2 Å². The highest BCUT2D eigenvalue weighted by Crippen LogP contribution is 2.36. The van der Waals surface area contributed by atoms with Crippen molar-refractivity contribution in [3.63, 3.8) is 0 Å². The van der Waals surface area contributed by atoms with E-state index in [2.05, 4.69) is 0 Å². The van der Waals surface area contributed by atoms with Crippen molar-refractivity contribution in [1.29, 1.82) is 0 Å². The highest BCUT2D eigenvalue weighted by Gasteiger charge is 2.36. The Balaban J connectivity index is 2.09. The fraction of sp³-hybridized carbons (Fsp3) is 0.333. The van der Waals surface area contributed by atoms with Gasteiger partial charge in [0, 0.05) is 11.0 Å². The van der Waals surface area contributed by atoms with Crippen LogP contribution in [0.1, 0.15) is 48.3 Å². The molecule has 6 heteroatoms. The molecule has 1 atom stereocenters. The SMILES string of the molecule is CC(C)(C)C(=O)N1Cc2c(F)cc(C(=O)O)cc2OC[C@@H]1c1ccccc1. The van der Waals surface area contributed by atoms with Crippen LogP contribution in [0.5, 0.6) is 5.75 Å². The summed E-state index contributed by atoms with van der Waals surface area (Å²) in [5.41, 5.74) is 0.227. The van der Waals surface area contributed by atoms with E-state index < -0.39 is 23.2 Å². The summed E-state index contributed by atoms with van der Waals surface area (Å²) in [5.74, 6) is -1.89. The van der Waals surface area contributed by atoms with E-state index in [1.807, 2.05) is 51.1 Å². The van der Waals surface area contributed by atoms with E-state index in [0.29, 0.717) is 0 Å². The summed E-state index contributed by atoms with van der Waals surface area (Å²) in [7, 11) is 0. The third kappa shape index (κ3) is 3.79. The molecular formula is C21H22FNO4. The Labute approximate surface area is 157 Å². The minimum Gasteiger partial charge on any atom is -0.491 e. The zero-order chi connectivity index (χ0) is 19.8. The molecule has 1 N–H and O–H groups in total. The van der Waals surface area contributed by atoms with Gasteiger partial charge in [0.15, 0.2) is 0 Å². The number of amides is 1. The van der Waals surface area contributed by atoms with Crippen LogP contribution in [0.15, 0.2) is 42.5 Å². The summed E-state index contributed by atoms with van der Waals surface area (Å²) < 4.78 is 20.4. The van der Waals surface area contributed by atoms with Crippen LogP contribution >= 0.6 is 0 Å². The molecule has 0 fully saturated rings. The minimum atomic E-state index is -1.23. The van der Waals surface area contributed by atoms with Crippen molar-refractivity contribution in [2.45, 2.75) is 33.4 Å². The Bertz CT molecular complexity index is 874. The van der Waals surface area contributed by atoms with Gasteiger partial charge in [-0.1, -0.05) is 51.1 Å². The third-order valence-corrected chi connectivity index (χ3v) is 4.59. The van der Waals surface area contributed by atoms with Gasteiger partial charge in [0.1, 0.15) is 18.2 Å². The maximum Gasteiger partial charge on any atom is 0.335 e. The molecule has 0 aliphatic carbocycles. The van der Waals surface area contributed by atoms with Crippen molar-refractivity contribution in [3.05, 3.63) is 65.0 Å². The topological polar surface area (TPSA) is 66.8 Å². The average molecular weight is 371 g/mol. The highest BCUT2D eigenvalue weighted by atomic mass is 19.1. The van der Waals surface area contributed by atoms with Crippen molar-refractivity contribution < 1.29 is 23.8 Å². The van der Waals surface area contributed by atoms with Crippen molar-refractivity contribution in [2.75, 3.05) is 6.61 Å². The molecule has 0 spiro atoms. The first-order chi connectivity index (χ1) is 12.7. The van der Waals surface area contributed by atoms with E-state index in [0.717, 1.165) is 11.6 Å². The van der Waals surface area contributed by atoms with Crippen LogP contribution < -0.4 is 4.74 Å². The van der Waals surface area contributed by atoms with E-state index in [4.69, 9.17) is 4.74 Å². The smallest absolute Gasteiger partial charge is 0.335 e. The summed E-state index contributed by atoms with van der Waals surface area (Å²) in [6, 6.07) is 11.3. The number of hydrogen-bond donors (Lipinski definition) is 1. The Morgan fingerprint density at radius 2 is 1.85 bits per heavy atom. The number of fused-ring (bicyclic) bond motifs is 1. The Hall–Kier alpha value is -2.89. The van der Waals surface area contributed by atoms with Crippen LogP contribution in [-0.2, 0) is 11.3 Å². The number of rotatable bonds is 2. The second kappa shape index (κ2) is 7.02. The van der Waals surface area contributed by atoms with Gasteiger partial charge in [-0.3, -0.25) is 4.79 Å². The largest absolute Gasteiger partial charge is 0.491 e. The fourth-order valence-electron chi connectivity index (χ4n) is 3.15. The van der Waals surface area contributed by atoms with Gasteiger partial charge in [-0.15, -0.1) is 0 Å². The molecule has 2 aromatic rings. The monoisotopic (exact) mass is 371 g/mol. The van der Waals surface area contributed by atoms with Crippen molar-refractivity contribution >= 4 is 11.9 Å². The van der Waals surface area contributed by atoms with E-state index >= 15 is 0 Å². The number of ether oxygens (including phenoxy) is 1. The van der Waals surface area contributed by atoms with E-state index in [9.17, 15) is 19.1 Å². The zero-order valence-electron chi connectivity index (χ0n) is 15.5. The minimum absolute atomic E-state index is 0.0106. The van der Waals surface area contributed by atoms with Gasteiger partial charge in [-0.2, -0.15) is 0 Å². The molecule has 1 heterocycles. The Morgan fingerprint density at radius 1 is 1.19 bits per heavy atom. The molecule has 0 radical (unpaired) electrons. The summed E-state index contributed by atoms with van der Waals surface area (Å²) >= 11 is 0. The van der Waals surface area contributed by atoms with Crippen LogP contribution in [0.4, 0.5) is 4.39 Å². The standard InChI is InChI=1S/C21H22FNO4/c1-21(2,3)20(26)23-11-15-16(22)9-14(19(24)25)10-18(15)27-12-17(23)13-7-5-4-6-8-13/h4-10,17H,11-12H2,1-3H3,(H,24,25)/t17-/m1/s1. The number of carboxylic acid groups (broad SMARTS) is 1. The highest BCUT2D eigenvalue weighted by molar-refractivity contribution is 5.88. The van der Waals surface area contributed by atoms with Gasteiger partial charge in [-0.05, 0) is 17.7 Å². The molecule has 3 rings (SSSR count). The van der Waals surface area contributed by atoms with Crippen LogP contribution in [0.25, 0.3) is 0 Å². The van der Waals surface area contributed by atoms with E-state index in [-0.39, 0.29) is 35.9 Å². The quantitative estimate of drug-likeness (QED) is 0.865. The van der Waals surface area contributed by atoms with Gasteiger partial charge in [0.25, 0.3) is 0 Å². The van der Waals surface area contributed by atoms with Gasteiger partial charge in [0.2, 0.25) is 5.91 Å². The van der Waals surface area contributed by atoms with Gasteiger partial charge in [-0.25, -0.2) is 9.18 Å². The first-order valence-corrected chi connectivity index (χ1v) is 8.73. The van der Waals surface area contributed by atoms with Crippen LogP contribution in [0, 0.1) is 11.2 Å². The number of halogens is 1. The maximum atomic E-state index is 14.7. The molecule has 0 saturated carbocycles. The van der Waals surface area contributed by atoms with Crippen LogP contribution in [0.3, 0.4) is 0 Å². The summed E-state index contributed by atoms with van der Waals surface area (Å²) in [6.45, 7) is 5.56. The predicted molar refractivity (Wildman–Crippen MR) is 98.0 cm³/mol. The molecule has 0 unspecified atom stereocenters. The number of aromatic carboxylic acids is 1. The van der Waals surface area contributed by atoms with Gasteiger partial charge < -0.3 is 14.7 Å². The summed E-state index contributed by atoms with van der Waals surface area (Å²) in [6.07, 6.45) is 0. The molecule has 0 bridgehead atoms. The molecule has 0 saturated heterocycles. The number of carboxylic acids is 1. The fourth-order valence-corrected chi connectivity index (χ4v) is 3.15. The molecule has 5 nitrogen and oxygen atoms in total. The molecule has 0 aromatic heterocycles. The lowest BCUT2D eigenvalue weighted by Gasteiger charge is -2.34. The number of benzene rings is 2. The Kier molecular flexibility index (Phi) is 4.91. The van der Waals surface area contributed by atoms with Crippen molar-refractivity contribution in [3.8, 4) is 5.75 Å². The summed E-state index contributed by atoms with van der Waals surface area (Å²) in [5, 5.41) is 9.17. The lowest BCUT2D eigenvalue weighted by Crippen LogP contribution is -2.42. The molecule has 1 aliphatic heterocycles. The molecule has 1 amide bonds. The molecule has 27 heavy (non-hydrogen) atoms. The number of carbonyl (C=O) groups is 2. The van der Waals surface area contributed by atoms with Gasteiger partial charge >= 0.3 is 5.97 Å². The summed E-state index contributed by atoms with van der Waals surface area (Å²) in [4.78, 5) is 25.9. The molecular weight excluding hydrogens is 349 g/mol. The Morgan fingerprint density at radius 3 is 2.44 bits per heavy atom. The number of nitrogens with zero attached hydrogens (tertiary/aromatic N) is 1. The maximum absolute atomic E-state index is 14.7. The number of carbonyl (C=O) groups excluding carboxylic acids is 1. The van der Waals surface area contributed by atoms with Crippen molar-refractivity contribution in [1.82, 2.24) is 4.90 Å². The van der Waals surface area contributed by atoms with Crippen molar-refractivity contribution in [2.24, 2.45) is 5.41 Å². The first-order valence-electron chi connectivity index (χ1n) is 8.73. The molecule has 1 aliphatic rings. The lowest BCUT2D eigenvalue weighted by atomic mass is 9.92.